The third-order valence-electron chi connectivity index (χ3n) is 5.85. The third kappa shape index (κ3) is 2.75. The highest BCUT2D eigenvalue weighted by Crippen LogP contribution is 2.36. The molecule has 1 saturated heterocycles. The van der Waals surface area contributed by atoms with Gasteiger partial charge in [-0.15, -0.1) is 0 Å². The molecule has 2 aliphatic carbocycles. The molecule has 0 radical (unpaired) electrons. The molecule has 1 aliphatic heterocycles. The summed E-state index contributed by atoms with van der Waals surface area (Å²) in [6, 6.07) is 0.914. The van der Waals surface area contributed by atoms with Gasteiger partial charge < -0.3 is 10.6 Å². The molecule has 2 heteroatoms. The second kappa shape index (κ2) is 5.50. The summed E-state index contributed by atoms with van der Waals surface area (Å²) in [6.45, 7) is 2.62. The molecule has 0 bridgehead atoms. The van der Waals surface area contributed by atoms with Gasteiger partial charge in [0.15, 0.2) is 0 Å². The van der Waals surface area contributed by atoms with Gasteiger partial charge in [-0.25, -0.2) is 0 Å². The highest BCUT2D eigenvalue weighted by Gasteiger charge is 2.35. The van der Waals surface area contributed by atoms with Crippen LogP contribution in [0.25, 0.3) is 0 Å². The van der Waals surface area contributed by atoms with Crippen LogP contribution in [0.2, 0.25) is 0 Å². The van der Waals surface area contributed by atoms with Gasteiger partial charge in [-0.05, 0) is 57.4 Å². The zero-order chi connectivity index (χ0) is 12.4. The summed E-state index contributed by atoms with van der Waals surface area (Å²) in [5.74, 6) is 1.02. The molecule has 18 heavy (non-hydrogen) atoms. The molecule has 1 unspecified atom stereocenters. The molecule has 0 spiro atoms. The van der Waals surface area contributed by atoms with Gasteiger partial charge in [0.2, 0.25) is 0 Å². The first-order valence-electron chi connectivity index (χ1n) is 8.30. The molecule has 1 atom stereocenters. The highest BCUT2D eigenvalue weighted by atomic mass is 15.2. The lowest BCUT2D eigenvalue weighted by Gasteiger charge is -2.32. The molecule has 2 nitrogen and oxygen atoms in total. The largest absolute Gasteiger partial charge is 0.325 e. The monoisotopic (exact) mass is 250 g/mol. The van der Waals surface area contributed by atoms with Gasteiger partial charge in [0, 0.05) is 18.1 Å². The van der Waals surface area contributed by atoms with Crippen molar-refractivity contribution in [2.45, 2.75) is 82.2 Å². The van der Waals surface area contributed by atoms with Gasteiger partial charge in [-0.1, -0.05) is 25.7 Å². The first-order valence-corrected chi connectivity index (χ1v) is 8.30. The summed E-state index contributed by atoms with van der Waals surface area (Å²) < 4.78 is 0. The maximum Gasteiger partial charge on any atom is 0.0166 e. The number of hydrogen-bond donors (Lipinski definition) is 1. The zero-order valence-electron chi connectivity index (χ0n) is 11.9. The second-order valence-electron chi connectivity index (χ2n) is 7.11. The summed E-state index contributed by atoms with van der Waals surface area (Å²) in [4.78, 5) is 2.79. The number of nitrogens with two attached hydrogens (primary N) is 1. The lowest BCUT2D eigenvalue weighted by atomic mass is 9.92. The zero-order valence-corrected chi connectivity index (χ0v) is 11.9. The van der Waals surface area contributed by atoms with Crippen molar-refractivity contribution in [3.05, 3.63) is 0 Å². The standard InChI is InChI=1S/C16H30N2/c17-16(9-3-4-10-16)11-13-18-12-5-8-15(18)14-6-1-2-7-14/h14-15H,1-13,17H2. The van der Waals surface area contributed by atoms with E-state index in [-0.39, 0.29) is 5.54 Å². The Morgan fingerprint density at radius 3 is 2.39 bits per heavy atom. The van der Waals surface area contributed by atoms with Gasteiger partial charge in [-0.3, -0.25) is 0 Å². The molecule has 0 amide bonds. The third-order valence-corrected chi connectivity index (χ3v) is 5.85. The molecule has 0 aromatic heterocycles. The van der Waals surface area contributed by atoms with Crippen molar-refractivity contribution in [2.75, 3.05) is 13.1 Å². The van der Waals surface area contributed by atoms with E-state index in [0.29, 0.717) is 0 Å². The SMILES string of the molecule is NC1(CCN2CCCC2C2CCCC2)CCCC1. The van der Waals surface area contributed by atoms with E-state index in [1.54, 1.807) is 0 Å². The van der Waals surface area contributed by atoms with Crippen molar-refractivity contribution in [1.82, 2.24) is 4.90 Å². The van der Waals surface area contributed by atoms with Crippen molar-refractivity contribution < 1.29 is 0 Å². The van der Waals surface area contributed by atoms with Crippen molar-refractivity contribution >= 4 is 0 Å². The van der Waals surface area contributed by atoms with Gasteiger partial charge in [0.25, 0.3) is 0 Å². The van der Waals surface area contributed by atoms with Gasteiger partial charge in [0.05, 0.1) is 0 Å². The van der Waals surface area contributed by atoms with Crippen LogP contribution in [0.1, 0.15) is 70.6 Å². The molecule has 2 N–H and O–H groups in total. The Labute approximate surface area is 112 Å². The molecule has 0 aromatic rings. The van der Waals surface area contributed by atoms with Gasteiger partial charge in [-0.2, -0.15) is 0 Å². The highest BCUT2D eigenvalue weighted by molar-refractivity contribution is 4.93. The van der Waals surface area contributed by atoms with E-state index in [9.17, 15) is 0 Å². The van der Waals surface area contributed by atoms with Crippen LogP contribution in [0.4, 0.5) is 0 Å². The van der Waals surface area contributed by atoms with Crippen LogP contribution in [0.5, 0.6) is 0 Å². The summed E-state index contributed by atoms with van der Waals surface area (Å²) in [6.07, 6.45) is 15.4. The molecule has 104 valence electrons. The predicted molar refractivity (Wildman–Crippen MR) is 76.6 cm³/mol. The topological polar surface area (TPSA) is 29.3 Å². The molecule has 0 aromatic carbocycles. The minimum atomic E-state index is 0.197. The maximum absolute atomic E-state index is 6.51. The van der Waals surface area contributed by atoms with Crippen LogP contribution in [0, 0.1) is 5.92 Å². The normalized spacial score (nSPS) is 33.5. The Balaban J connectivity index is 1.51. The number of nitrogens with zero attached hydrogens (tertiary/aromatic N) is 1. The van der Waals surface area contributed by atoms with Crippen LogP contribution in [-0.2, 0) is 0 Å². The quantitative estimate of drug-likeness (QED) is 0.829. The Hall–Kier alpha value is -0.0800. The van der Waals surface area contributed by atoms with Gasteiger partial charge in [0.1, 0.15) is 0 Å². The number of rotatable bonds is 4. The fourth-order valence-corrected chi connectivity index (χ4v) is 4.70. The maximum atomic E-state index is 6.51. The lowest BCUT2D eigenvalue weighted by molar-refractivity contribution is 0.173. The molecule has 3 fully saturated rings. The van der Waals surface area contributed by atoms with E-state index < -0.39 is 0 Å². The fourth-order valence-electron chi connectivity index (χ4n) is 4.70. The van der Waals surface area contributed by atoms with E-state index in [2.05, 4.69) is 4.90 Å². The van der Waals surface area contributed by atoms with Crippen molar-refractivity contribution in [3.63, 3.8) is 0 Å². The summed E-state index contributed by atoms with van der Waals surface area (Å²) in [5, 5.41) is 0. The molecule has 1 heterocycles. The van der Waals surface area contributed by atoms with Crippen LogP contribution >= 0.6 is 0 Å². The fraction of sp³-hybridized carbons (Fsp3) is 1.00. The molecule has 3 rings (SSSR count). The van der Waals surface area contributed by atoms with Gasteiger partial charge >= 0.3 is 0 Å². The summed E-state index contributed by atoms with van der Waals surface area (Å²) >= 11 is 0. The van der Waals surface area contributed by atoms with E-state index in [1.807, 2.05) is 0 Å². The van der Waals surface area contributed by atoms with Crippen molar-refractivity contribution in [1.29, 1.82) is 0 Å². The van der Waals surface area contributed by atoms with Crippen LogP contribution < -0.4 is 5.73 Å². The predicted octanol–water partition coefficient (Wildman–Crippen LogP) is 3.30. The first-order chi connectivity index (χ1) is 8.77. The van der Waals surface area contributed by atoms with Crippen LogP contribution in [0.15, 0.2) is 0 Å². The molecular formula is C16H30N2. The van der Waals surface area contributed by atoms with Crippen molar-refractivity contribution in [3.8, 4) is 0 Å². The molecular weight excluding hydrogens is 220 g/mol. The van der Waals surface area contributed by atoms with Crippen LogP contribution in [-0.4, -0.2) is 29.6 Å². The second-order valence-corrected chi connectivity index (χ2v) is 7.11. The Kier molecular flexibility index (Phi) is 3.95. The smallest absolute Gasteiger partial charge is 0.0166 e. The Bertz CT molecular complexity index is 264. The molecule has 3 aliphatic rings. The van der Waals surface area contributed by atoms with E-state index in [4.69, 9.17) is 5.73 Å². The lowest BCUT2D eigenvalue weighted by Crippen LogP contribution is -2.43. The van der Waals surface area contributed by atoms with Crippen molar-refractivity contribution in [2.24, 2.45) is 11.7 Å². The average Bonchev–Trinajstić information content (AvgIpc) is 3.08. The number of likely N-dealkylation sites (tertiary alicyclic amines) is 1. The summed E-state index contributed by atoms with van der Waals surface area (Å²) in [5.41, 5.74) is 6.71. The summed E-state index contributed by atoms with van der Waals surface area (Å²) in [7, 11) is 0. The van der Waals surface area contributed by atoms with E-state index >= 15 is 0 Å². The van der Waals surface area contributed by atoms with E-state index in [1.165, 1.54) is 83.7 Å². The first kappa shape index (κ1) is 12.9. The van der Waals surface area contributed by atoms with Crippen LogP contribution in [0.3, 0.4) is 0 Å². The van der Waals surface area contributed by atoms with E-state index in [0.717, 1.165) is 12.0 Å². The minimum absolute atomic E-state index is 0.197. The Morgan fingerprint density at radius 2 is 1.67 bits per heavy atom. The minimum Gasteiger partial charge on any atom is -0.325 e. The Morgan fingerprint density at radius 1 is 0.944 bits per heavy atom. The molecule has 2 saturated carbocycles. The number of hydrogen-bond acceptors (Lipinski definition) is 2. The average molecular weight is 250 g/mol.